The van der Waals surface area contributed by atoms with Crippen molar-refractivity contribution in [3.8, 4) is 0 Å². The Kier molecular flexibility index (Phi) is 13.1. The number of fused-ring (bicyclic) bond motifs is 1. The quantitative estimate of drug-likeness (QED) is 0.389. The lowest BCUT2D eigenvalue weighted by molar-refractivity contribution is 0.242. The molecule has 1 aliphatic carbocycles. The maximum atomic E-state index is 5.54. The largest absolute Gasteiger partial charge is 0.421 e. The van der Waals surface area contributed by atoms with E-state index >= 15 is 0 Å². The summed E-state index contributed by atoms with van der Waals surface area (Å²) in [6.07, 6.45) is 6.34. The third-order valence-electron chi connectivity index (χ3n) is 5.58. The molecule has 28 heavy (non-hydrogen) atoms. The molecule has 0 amide bonds. The van der Waals surface area contributed by atoms with Crippen molar-refractivity contribution in [1.82, 2.24) is 0 Å². The van der Waals surface area contributed by atoms with Gasteiger partial charge in [0.15, 0.2) is 8.32 Å². The molecule has 9 heteroatoms. The molecule has 2 fully saturated rings. The highest BCUT2D eigenvalue weighted by Gasteiger charge is 2.44. The van der Waals surface area contributed by atoms with Gasteiger partial charge in [0.25, 0.3) is 0 Å². The minimum absolute atomic E-state index is 0.599. The van der Waals surface area contributed by atoms with Crippen molar-refractivity contribution in [3.05, 3.63) is 0 Å². The third-order valence-corrected chi connectivity index (χ3v) is 11.7. The fourth-order valence-electron chi connectivity index (χ4n) is 2.59. The third kappa shape index (κ3) is 12.9. The van der Waals surface area contributed by atoms with Gasteiger partial charge in [-0.15, -0.1) is 0 Å². The first kappa shape index (κ1) is 28.4. The van der Waals surface area contributed by atoms with Crippen LogP contribution in [0.2, 0.25) is 45.3 Å². The zero-order valence-electron chi connectivity index (χ0n) is 20.2. The molecular weight excluding hydrogens is 408 g/mol. The van der Waals surface area contributed by atoms with Crippen LogP contribution in [-0.4, -0.2) is 73.2 Å². The standard InChI is InChI=1S/C11H22O3Si.C4H12O2Si.C4H12OSi/c1-12-15(3,13-2)7-6-9-4-5-10-11(8-9)14-10;1-5-7(3,4)6-2;1-5-6(2,3)4/h9-11H,4-8H2,1-3H3;1-4H3;1-4H3. The molecule has 3 atom stereocenters. The summed E-state index contributed by atoms with van der Waals surface area (Å²) in [5.74, 6) is 0.839. The molecule has 0 spiro atoms. The second kappa shape index (κ2) is 13.0. The number of epoxide rings is 1. The van der Waals surface area contributed by atoms with E-state index in [0.29, 0.717) is 12.2 Å². The highest BCUT2D eigenvalue weighted by molar-refractivity contribution is 6.69. The first-order chi connectivity index (χ1) is 12.8. The van der Waals surface area contributed by atoms with Gasteiger partial charge >= 0.3 is 17.1 Å². The number of hydrogen-bond donors (Lipinski definition) is 0. The van der Waals surface area contributed by atoms with Crippen LogP contribution in [0.5, 0.6) is 0 Å². The molecule has 0 aromatic heterocycles. The van der Waals surface area contributed by atoms with Crippen LogP contribution in [0.3, 0.4) is 0 Å². The maximum absolute atomic E-state index is 5.54. The number of hydrogen-bond acceptors (Lipinski definition) is 6. The molecule has 2 aliphatic rings. The summed E-state index contributed by atoms with van der Waals surface area (Å²) in [5, 5.41) is 0. The van der Waals surface area contributed by atoms with E-state index in [1.165, 1.54) is 25.7 Å². The van der Waals surface area contributed by atoms with E-state index < -0.39 is 25.4 Å². The van der Waals surface area contributed by atoms with Gasteiger partial charge in [0, 0.05) is 35.5 Å². The molecule has 3 unspecified atom stereocenters. The Labute approximate surface area is 177 Å². The molecule has 2 rings (SSSR count). The van der Waals surface area contributed by atoms with Crippen molar-refractivity contribution >= 4 is 25.4 Å². The first-order valence-electron chi connectivity index (χ1n) is 10.3. The van der Waals surface area contributed by atoms with Gasteiger partial charge in [0.1, 0.15) is 0 Å². The van der Waals surface area contributed by atoms with Crippen LogP contribution in [0.25, 0.3) is 0 Å². The van der Waals surface area contributed by atoms with E-state index in [4.69, 9.17) is 26.9 Å². The molecule has 0 aromatic carbocycles. The van der Waals surface area contributed by atoms with Crippen molar-refractivity contribution in [3.63, 3.8) is 0 Å². The van der Waals surface area contributed by atoms with Crippen molar-refractivity contribution in [2.24, 2.45) is 5.92 Å². The minimum atomic E-state index is -1.83. The predicted molar refractivity (Wildman–Crippen MR) is 123 cm³/mol. The van der Waals surface area contributed by atoms with Gasteiger partial charge in [-0.2, -0.15) is 0 Å². The van der Waals surface area contributed by atoms with Crippen molar-refractivity contribution < 1.29 is 26.9 Å². The predicted octanol–water partition coefficient (Wildman–Crippen LogP) is 4.76. The highest BCUT2D eigenvalue weighted by Crippen LogP contribution is 2.41. The number of ether oxygens (including phenoxy) is 1. The van der Waals surface area contributed by atoms with E-state index in [9.17, 15) is 0 Å². The molecule has 0 radical (unpaired) electrons. The van der Waals surface area contributed by atoms with Crippen LogP contribution in [0.1, 0.15) is 25.7 Å². The fraction of sp³-hybridized carbons (Fsp3) is 1.00. The van der Waals surface area contributed by atoms with Gasteiger partial charge in [0.2, 0.25) is 0 Å². The minimum Gasteiger partial charge on any atom is -0.421 e. The summed E-state index contributed by atoms with van der Waals surface area (Å²) >= 11 is 0. The lowest BCUT2D eigenvalue weighted by Crippen LogP contribution is -2.36. The summed E-state index contributed by atoms with van der Waals surface area (Å²) in [7, 11) is 4.06. The van der Waals surface area contributed by atoms with Crippen LogP contribution < -0.4 is 0 Å². The Morgan fingerprint density at radius 2 is 1.21 bits per heavy atom. The van der Waals surface area contributed by atoms with Crippen LogP contribution in [0, 0.1) is 5.92 Å². The maximum Gasteiger partial charge on any atom is 0.334 e. The second-order valence-electron chi connectivity index (χ2n) is 9.10. The molecule has 0 bridgehead atoms. The Morgan fingerprint density at radius 3 is 1.54 bits per heavy atom. The van der Waals surface area contributed by atoms with Crippen molar-refractivity contribution in [1.29, 1.82) is 0 Å². The molecule has 1 saturated heterocycles. The van der Waals surface area contributed by atoms with Crippen LogP contribution in [0.15, 0.2) is 0 Å². The SMILES string of the molecule is CO[Si](C)(C)C.CO[Si](C)(C)OC.CO[Si](C)(CCC1CCC2OC2C1)OC. The van der Waals surface area contributed by atoms with Crippen molar-refractivity contribution in [2.45, 2.75) is 83.2 Å². The summed E-state index contributed by atoms with van der Waals surface area (Å²) in [4.78, 5) is 0. The molecule has 6 nitrogen and oxygen atoms in total. The van der Waals surface area contributed by atoms with Crippen LogP contribution >= 0.6 is 0 Å². The molecular formula is C19H46O6Si3. The zero-order chi connectivity index (χ0) is 22.0. The van der Waals surface area contributed by atoms with Gasteiger partial charge in [-0.05, 0) is 76.9 Å². The van der Waals surface area contributed by atoms with Crippen LogP contribution in [-0.2, 0) is 26.9 Å². The first-order valence-corrected chi connectivity index (χ1v) is 19.0. The molecule has 1 aliphatic heterocycles. The summed E-state index contributed by atoms with van der Waals surface area (Å²) in [6, 6.07) is 1.11. The average Bonchev–Trinajstić information content (AvgIpc) is 3.45. The summed E-state index contributed by atoms with van der Waals surface area (Å²) < 4.78 is 31.6. The van der Waals surface area contributed by atoms with Gasteiger partial charge in [-0.25, -0.2) is 0 Å². The second-order valence-corrected chi connectivity index (χ2v) is 20.9. The molecule has 0 N–H and O–H groups in total. The normalized spacial score (nSPS) is 24.3. The highest BCUT2D eigenvalue weighted by atomic mass is 28.4. The Hall–Kier alpha value is 0.411. The lowest BCUT2D eigenvalue weighted by atomic mass is 9.88. The number of rotatable bonds is 8. The monoisotopic (exact) mass is 454 g/mol. The smallest absolute Gasteiger partial charge is 0.334 e. The lowest BCUT2D eigenvalue weighted by Gasteiger charge is -2.26. The van der Waals surface area contributed by atoms with E-state index in [1.807, 2.05) is 13.1 Å². The van der Waals surface area contributed by atoms with E-state index in [1.54, 1.807) is 35.5 Å². The molecule has 1 saturated carbocycles. The summed E-state index contributed by atoms with van der Waals surface area (Å²) in [5.41, 5.74) is 0. The fourth-order valence-corrected chi connectivity index (χ4v) is 4.26. The van der Waals surface area contributed by atoms with E-state index in [0.717, 1.165) is 12.0 Å². The van der Waals surface area contributed by atoms with Gasteiger partial charge < -0.3 is 26.9 Å². The average molecular weight is 455 g/mol. The molecule has 1 heterocycles. The topological polar surface area (TPSA) is 58.7 Å². The Morgan fingerprint density at radius 1 is 0.714 bits per heavy atom. The zero-order valence-corrected chi connectivity index (χ0v) is 23.2. The van der Waals surface area contributed by atoms with Gasteiger partial charge in [-0.1, -0.05) is 0 Å². The van der Waals surface area contributed by atoms with Gasteiger partial charge in [-0.3, -0.25) is 0 Å². The van der Waals surface area contributed by atoms with E-state index in [2.05, 4.69) is 26.2 Å². The Balaban J connectivity index is 0.000000471. The Bertz CT molecular complexity index is 407. The van der Waals surface area contributed by atoms with Crippen LogP contribution in [0.4, 0.5) is 0 Å². The molecule has 170 valence electrons. The molecule has 0 aromatic rings. The van der Waals surface area contributed by atoms with Gasteiger partial charge in [0.05, 0.1) is 12.2 Å². The van der Waals surface area contributed by atoms with Crippen molar-refractivity contribution in [2.75, 3.05) is 35.5 Å². The van der Waals surface area contributed by atoms with E-state index in [-0.39, 0.29) is 0 Å². The summed E-state index contributed by atoms with van der Waals surface area (Å²) in [6.45, 7) is 12.6.